The van der Waals surface area contributed by atoms with Crippen molar-refractivity contribution in [3.05, 3.63) is 35.7 Å². The van der Waals surface area contributed by atoms with E-state index in [1.165, 1.54) is 36.1 Å². The largest absolute Gasteiger partial charge is 0.490 e. The van der Waals surface area contributed by atoms with Crippen LogP contribution >= 0.6 is 0 Å². The molecule has 10 heteroatoms. The summed E-state index contributed by atoms with van der Waals surface area (Å²) >= 11 is 0. The van der Waals surface area contributed by atoms with Crippen molar-refractivity contribution in [1.82, 2.24) is 15.1 Å². The number of halogens is 2. The molecule has 1 aromatic carbocycles. The number of carbonyl (C=O) groups excluding carboxylic acids is 2. The van der Waals surface area contributed by atoms with Crippen molar-refractivity contribution >= 4 is 17.5 Å². The number of carbonyl (C=O) groups is 2. The summed E-state index contributed by atoms with van der Waals surface area (Å²) in [5.41, 5.74) is 0.439. The Labute approximate surface area is 154 Å². The summed E-state index contributed by atoms with van der Waals surface area (Å²) in [6, 6.07) is 3.83. The Bertz CT molecular complexity index is 823. The molecule has 0 radical (unpaired) electrons. The maximum atomic E-state index is 12.5. The SMILES string of the molecule is CCOc1cc(C(=O)Nc2cn(CC)nc2C(=O)NC)ccc1OC(F)F. The number of hydrogen-bond donors (Lipinski definition) is 2. The molecule has 0 unspecified atom stereocenters. The van der Waals surface area contributed by atoms with Crippen LogP contribution in [0.5, 0.6) is 11.5 Å². The van der Waals surface area contributed by atoms with Crippen LogP contribution in [0.3, 0.4) is 0 Å². The minimum atomic E-state index is -3.01. The minimum Gasteiger partial charge on any atom is -0.490 e. The summed E-state index contributed by atoms with van der Waals surface area (Å²) in [4.78, 5) is 24.5. The van der Waals surface area contributed by atoms with E-state index in [9.17, 15) is 18.4 Å². The van der Waals surface area contributed by atoms with E-state index < -0.39 is 18.4 Å². The van der Waals surface area contributed by atoms with E-state index in [0.717, 1.165) is 0 Å². The van der Waals surface area contributed by atoms with Crippen LogP contribution in [0.2, 0.25) is 0 Å². The van der Waals surface area contributed by atoms with Crippen LogP contribution in [0.4, 0.5) is 14.5 Å². The van der Waals surface area contributed by atoms with Crippen molar-refractivity contribution in [2.45, 2.75) is 27.0 Å². The summed E-state index contributed by atoms with van der Waals surface area (Å²) in [6.45, 7) is 1.21. The Morgan fingerprint density at radius 3 is 2.56 bits per heavy atom. The quantitative estimate of drug-likeness (QED) is 0.732. The van der Waals surface area contributed by atoms with Gasteiger partial charge in [-0.2, -0.15) is 13.9 Å². The van der Waals surface area contributed by atoms with Gasteiger partial charge in [-0.15, -0.1) is 0 Å². The molecule has 1 aromatic heterocycles. The molecule has 0 fully saturated rings. The normalized spacial score (nSPS) is 10.6. The molecule has 2 amide bonds. The first-order chi connectivity index (χ1) is 12.9. The Morgan fingerprint density at radius 1 is 1.22 bits per heavy atom. The van der Waals surface area contributed by atoms with Gasteiger partial charge in [-0.1, -0.05) is 0 Å². The maximum Gasteiger partial charge on any atom is 0.387 e. The fraction of sp³-hybridized carbons (Fsp3) is 0.353. The number of aryl methyl sites for hydroxylation is 1. The van der Waals surface area contributed by atoms with E-state index in [2.05, 4.69) is 20.5 Å². The number of rotatable bonds is 8. The van der Waals surface area contributed by atoms with Crippen LogP contribution in [0.15, 0.2) is 24.4 Å². The molecule has 1 heterocycles. The molecule has 146 valence electrons. The molecule has 2 aromatic rings. The summed E-state index contributed by atoms with van der Waals surface area (Å²) in [6.07, 6.45) is 1.53. The van der Waals surface area contributed by atoms with Crippen LogP contribution in [0, 0.1) is 0 Å². The first kappa shape index (κ1) is 20.1. The smallest absolute Gasteiger partial charge is 0.387 e. The van der Waals surface area contributed by atoms with E-state index in [1.807, 2.05) is 6.92 Å². The molecule has 27 heavy (non-hydrogen) atoms. The molecule has 0 saturated carbocycles. The predicted octanol–water partition coefficient (Wildman–Crippen LogP) is 2.52. The topological polar surface area (TPSA) is 94.5 Å². The number of aromatic nitrogens is 2. The second-order valence-electron chi connectivity index (χ2n) is 5.25. The monoisotopic (exact) mass is 382 g/mol. The number of ether oxygens (including phenoxy) is 2. The third-order valence-electron chi connectivity index (χ3n) is 3.50. The molecule has 0 aliphatic carbocycles. The number of nitrogens with one attached hydrogen (secondary N) is 2. The van der Waals surface area contributed by atoms with Gasteiger partial charge in [0.2, 0.25) is 0 Å². The molecule has 0 bridgehead atoms. The zero-order valence-corrected chi connectivity index (χ0v) is 15.1. The molecule has 8 nitrogen and oxygen atoms in total. The maximum absolute atomic E-state index is 12.5. The number of benzene rings is 1. The van der Waals surface area contributed by atoms with Crippen molar-refractivity contribution in [1.29, 1.82) is 0 Å². The Balaban J connectivity index is 2.29. The minimum absolute atomic E-state index is 0.0150. The Kier molecular flexibility index (Phi) is 6.69. The van der Waals surface area contributed by atoms with Crippen molar-refractivity contribution in [2.75, 3.05) is 19.0 Å². The van der Waals surface area contributed by atoms with E-state index >= 15 is 0 Å². The van der Waals surface area contributed by atoms with Crippen LogP contribution < -0.4 is 20.1 Å². The van der Waals surface area contributed by atoms with Gasteiger partial charge in [-0.25, -0.2) is 0 Å². The average molecular weight is 382 g/mol. The van der Waals surface area contributed by atoms with E-state index in [4.69, 9.17) is 4.74 Å². The molecule has 0 saturated heterocycles. The Morgan fingerprint density at radius 2 is 1.96 bits per heavy atom. The summed E-state index contributed by atoms with van der Waals surface area (Å²) in [7, 11) is 1.45. The highest BCUT2D eigenvalue weighted by Gasteiger charge is 2.19. The summed E-state index contributed by atoms with van der Waals surface area (Å²) in [5.74, 6) is -1.16. The van der Waals surface area contributed by atoms with Crippen molar-refractivity contribution in [2.24, 2.45) is 0 Å². The zero-order chi connectivity index (χ0) is 20.0. The number of hydrogen-bond acceptors (Lipinski definition) is 5. The molecule has 0 spiro atoms. The highest BCUT2D eigenvalue weighted by atomic mass is 19.3. The molecule has 0 aliphatic heterocycles. The lowest BCUT2D eigenvalue weighted by molar-refractivity contribution is -0.0514. The first-order valence-corrected chi connectivity index (χ1v) is 8.22. The Hall–Kier alpha value is -3.17. The number of alkyl halides is 2. The van der Waals surface area contributed by atoms with Gasteiger partial charge in [0.15, 0.2) is 17.2 Å². The molecule has 0 aliphatic rings. The van der Waals surface area contributed by atoms with Gasteiger partial charge in [0, 0.05) is 25.4 Å². The third-order valence-corrected chi connectivity index (χ3v) is 3.50. The molecule has 2 N–H and O–H groups in total. The van der Waals surface area contributed by atoms with Gasteiger partial charge in [-0.3, -0.25) is 14.3 Å². The number of nitrogens with zero attached hydrogens (tertiary/aromatic N) is 2. The lowest BCUT2D eigenvalue weighted by Crippen LogP contribution is -2.21. The highest BCUT2D eigenvalue weighted by Crippen LogP contribution is 2.30. The standard InChI is InChI=1S/C17H20F2N4O4/c1-4-23-9-11(14(22-23)16(25)20-3)21-15(24)10-6-7-12(27-17(18)19)13(8-10)26-5-2/h6-9,17H,4-5H2,1-3H3,(H,20,25)(H,21,24). The van der Waals surface area contributed by atoms with Crippen molar-refractivity contribution in [3.8, 4) is 11.5 Å². The van der Waals surface area contributed by atoms with Gasteiger partial charge in [0.25, 0.3) is 11.8 Å². The lowest BCUT2D eigenvalue weighted by atomic mass is 10.2. The summed E-state index contributed by atoms with van der Waals surface area (Å²) in [5, 5.41) is 9.15. The zero-order valence-electron chi connectivity index (χ0n) is 15.1. The van der Waals surface area contributed by atoms with Gasteiger partial charge in [0.05, 0.1) is 12.3 Å². The third kappa shape index (κ3) is 4.93. The molecular formula is C17H20F2N4O4. The predicted molar refractivity (Wildman–Crippen MR) is 93.5 cm³/mol. The van der Waals surface area contributed by atoms with Gasteiger partial charge in [0.1, 0.15) is 0 Å². The molecule has 0 atom stereocenters. The average Bonchev–Trinajstić information content (AvgIpc) is 3.05. The van der Waals surface area contributed by atoms with Gasteiger partial charge >= 0.3 is 6.61 Å². The van der Waals surface area contributed by atoms with Gasteiger partial charge in [-0.05, 0) is 32.0 Å². The van der Waals surface area contributed by atoms with Gasteiger partial charge < -0.3 is 20.1 Å². The van der Waals surface area contributed by atoms with E-state index in [1.54, 1.807) is 6.92 Å². The van der Waals surface area contributed by atoms with Crippen molar-refractivity contribution in [3.63, 3.8) is 0 Å². The van der Waals surface area contributed by atoms with Crippen LogP contribution in [-0.4, -0.2) is 41.9 Å². The number of anilines is 1. The van der Waals surface area contributed by atoms with Crippen molar-refractivity contribution < 1.29 is 27.8 Å². The summed E-state index contributed by atoms with van der Waals surface area (Å²) < 4.78 is 36.1. The van der Waals surface area contributed by atoms with Crippen LogP contribution in [0.25, 0.3) is 0 Å². The van der Waals surface area contributed by atoms with Crippen LogP contribution in [-0.2, 0) is 6.54 Å². The van der Waals surface area contributed by atoms with E-state index in [0.29, 0.717) is 6.54 Å². The highest BCUT2D eigenvalue weighted by molar-refractivity contribution is 6.08. The fourth-order valence-corrected chi connectivity index (χ4v) is 2.27. The molecule has 2 rings (SSSR count). The first-order valence-electron chi connectivity index (χ1n) is 8.22. The second kappa shape index (κ2) is 8.97. The van der Waals surface area contributed by atoms with E-state index in [-0.39, 0.29) is 35.1 Å². The lowest BCUT2D eigenvalue weighted by Gasteiger charge is -2.12. The van der Waals surface area contributed by atoms with Crippen LogP contribution in [0.1, 0.15) is 34.7 Å². The second-order valence-corrected chi connectivity index (χ2v) is 5.25. The molecular weight excluding hydrogens is 362 g/mol. The fourth-order valence-electron chi connectivity index (χ4n) is 2.27. The number of amides is 2.